The van der Waals surface area contributed by atoms with Crippen LogP contribution in [0.25, 0.3) is 53.3 Å². The fraction of sp³-hybridized carbons (Fsp3) is 0.457. The largest absolute Gasteiger partial charge is 0.512 e. The molecule has 5 nitrogen and oxygen atoms in total. The van der Waals surface area contributed by atoms with E-state index in [1.54, 1.807) is 17.7 Å². The van der Waals surface area contributed by atoms with Gasteiger partial charge in [-0.2, -0.15) is 0 Å². The van der Waals surface area contributed by atoms with Crippen LogP contribution in [0.2, 0.25) is 0 Å². The number of carbonyl (C=O) groups is 1. The van der Waals surface area contributed by atoms with Crippen molar-refractivity contribution in [3.8, 4) is 11.3 Å². The van der Waals surface area contributed by atoms with Gasteiger partial charge in [0.2, 0.25) is 0 Å². The van der Waals surface area contributed by atoms with Crippen LogP contribution in [0.15, 0.2) is 65.0 Å². The molecule has 3 aromatic carbocycles. The monoisotopic (exact) mass is 910 g/mol. The SMILES string of the molecule is CCC(C)(CC)C(=O)/C=C(\O)C(C)(CC)CC.Cc1oc2cc3sc4ncnc(-c5[c-]c6ccccc6c(C(C)(C)C)c5)c4c3cc2c1CC(C)C.[Ir]. The molecule has 0 saturated heterocycles. The van der Waals surface area contributed by atoms with Crippen LogP contribution < -0.4 is 0 Å². The first kappa shape index (κ1) is 42.4. The van der Waals surface area contributed by atoms with Crippen LogP contribution in [-0.4, -0.2) is 20.9 Å². The van der Waals surface area contributed by atoms with Gasteiger partial charge in [0.15, 0.2) is 5.78 Å². The predicted octanol–water partition coefficient (Wildman–Crippen LogP) is 13.7. The zero-order chi connectivity index (χ0) is 38.2. The number of nitrogens with zero attached hydrogens (tertiary/aromatic N) is 2. The molecule has 3 heterocycles. The molecule has 0 bridgehead atoms. The van der Waals surface area contributed by atoms with Gasteiger partial charge in [-0.05, 0) is 67.9 Å². The topological polar surface area (TPSA) is 76.2 Å². The van der Waals surface area contributed by atoms with Crippen molar-refractivity contribution in [2.75, 3.05) is 0 Å². The average Bonchev–Trinajstić information content (AvgIpc) is 3.63. The number of aromatic nitrogens is 2. The molecular formula is C46H57IrN2O3S-. The molecule has 0 aliphatic heterocycles. The summed E-state index contributed by atoms with van der Waals surface area (Å²) < 4.78 is 7.36. The van der Waals surface area contributed by atoms with Crippen LogP contribution in [0.1, 0.15) is 119 Å². The quantitative estimate of drug-likeness (QED) is 0.0842. The van der Waals surface area contributed by atoms with Crippen LogP contribution in [0.5, 0.6) is 0 Å². The summed E-state index contributed by atoms with van der Waals surface area (Å²) in [6.45, 7) is 25.5. The van der Waals surface area contributed by atoms with Gasteiger partial charge in [-0.25, -0.2) is 4.98 Å². The summed E-state index contributed by atoms with van der Waals surface area (Å²) >= 11 is 1.70. The molecule has 0 spiro atoms. The summed E-state index contributed by atoms with van der Waals surface area (Å²) in [5.74, 6) is 1.87. The summed E-state index contributed by atoms with van der Waals surface area (Å²) in [6.07, 6.45) is 7.44. The van der Waals surface area contributed by atoms with Crippen LogP contribution in [0.4, 0.5) is 0 Å². The van der Waals surface area contributed by atoms with E-state index in [0.717, 1.165) is 70.3 Å². The fourth-order valence-electron chi connectivity index (χ4n) is 6.90. The predicted molar refractivity (Wildman–Crippen MR) is 222 cm³/mol. The molecule has 0 fully saturated rings. The Morgan fingerprint density at radius 3 is 2.15 bits per heavy atom. The van der Waals surface area contributed by atoms with Gasteiger partial charge in [-0.15, -0.1) is 40.5 Å². The Hall–Kier alpha value is -3.38. The number of aryl methyl sites for hydroxylation is 1. The Morgan fingerprint density at radius 1 is 0.906 bits per heavy atom. The number of carbonyl (C=O) groups excluding carboxylic acids is 1. The van der Waals surface area contributed by atoms with Gasteiger partial charge in [-0.1, -0.05) is 105 Å². The standard InChI is InChI=1S/C31H29N2OS.C15H28O2.Ir/c1-17(2)11-22-18(3)34-26-15-27-24(14-23(22)26)28-29(32-16-33-30(28)35-27)20-12-19-9-7-8-10-21(19)25(13-20)31(4,5)6;1-7-14(5,8-2)12(16)11-13(17)15(6,9-3)10-4;/h7-10,13-17H,11H2,1-6H3;11,16H,7-10H2,1-6H3;/q-1;;/b;12-11-;. The first-order chi connectivity index (χ1) is 24.5. The molecule has 0 amide bonds. The molecule has 0 aliphatic rings. The van der Waals surface area contributed by atoms with Gasteiger partial charge in [0.05, 0.1) is 0 Å². The van der Waals surface area contributed by atoms with Crippen molar-refractivity contribution < 1.29 is 34.4 Å². The zero-order valence-electron chi connectivity index (χ0n) is 33.7. The third kappa shape index (κ3) is 8.48. The molecule has 53 heavy (non-hydrogen) atoms. The minimum Gasteiger partial charge on any atom is -0.512 e. The minimum atomic E-state index is -0.337. The second-order valence-electron chi connectivity index (χ2n) is 16.4. The fourth-order valence-corrected chi connectivity index (χ4v) is 7.95. The van der Waals surface area contributed by atoms with E-state index in [1.807, 2.05) is 41.5 Å². The first-order valence-electron chi connectivity index (χ1n) is 19.0. The van der Waals surface area contributed by atoms with Gasteiger partial charge in [-0.3, -0.25) is 9.78 Å². The van der Waals surface area contributed by atoms with E-state index in [4.69, 9.17) is 9.40 Å². The molecule has 6 aromatic rings. The summed E-state index contributed by atoms with van der Waals surface area (Å²) in [4.78, 5) is 22.7. The van der Waals surface area contributed by atoms with E-state index in [-0.39, 0.29) is 47.9 Å². The molecule has 1 radical (unpaired) electrons. The van der Waals surface area contributed by atoms with Crippen LogP contribution >= 0.6 is 11.3 Å². The Labute approximate surface area is 334 Å². The van der Waals surface area contributed by atoms with E-state index in [0.29, 0.717) is 5.92 Å². The van der Waals surface area contributed by atoms with Crippen LogP contribution in [0.3, 0.4) is 0 Å². The minimum absolute atomic E-state index is 0. The molecular weight excluding hydrogens is 853 g/mol. The Morgan fingerprint density at radius 2 is 1.55 bits per heavy atom. The second kappa shape index (κ2) is 16.5. The first-order valence-corrected chi connectivity index (χ1v) is 19.8. The van der Waals surface area contributed by atoms with Crippen molar-refractivity contribution in [2.45, 2.75) is 121 Å². The average molecular weight is 910 g/mol. The number of fused-ring (bicyclic) bond motifs is 5. The summed E-state index contributed by atoms with van der Waals surface area (Å²) in [5.41, 5.74) is 4.93. The molecule has 0 saturated carbocycles. The molecule has 0 atom stereocenters. The smallest absolute Gasteiger partial charge is 0.164 e. The molecule has 0 aliphatic carbocycles. The third-order valence-corrected chi connectivity index (χ3v) is 12.5. The molecule has 285 valence electrons. The zero-order valence-corrected chi connectivity index (χ0v) is 36.9. The van der Waals surface area contributed by atoms with Crippen molar-refractivity contribution in [1.29, 1.82) is 0 Å². The third-order valence-electron chi connectivity index (χ3n) is 11.4. The van der Waals surface area contributed by atoms with E-state index in [9.17, 15) is 9.90 Å². The number of ketones is 1. The van der Waals surface area contributed by atoms with Crippen LogP contribution in [-0.2, 0) is 36.7 Å². The van der Waals surface area contributed by atoms with Gasteiger partial charge in [0.1, 0.15) is 28.3 Å². The summed E-state index contributed by atoms with van der Waals surface area (Å²) in [7, 11) is 0. The number of benzene rings is 3. The second-order valence-corrected chi connectivity index (χ2v) is 17.4. The van der Waals surface area contributed by atoms with Crippen molar-refractivity contribution in [3.05, 3.63) is 83.6 Å². The van der Waals surface area contributed by atoms with Crippen molar-refractivity contribution >= 4 is 59.2 Å². The van der Waals surface area contributed by atoms with Crippen LogP contribution in [0, 0.1) is 29.7 Å². The van der Waals surface area contributed by atoms with Gasteiger partial charge < -0.3 is 9.52 Å². The summed E-state index contributed by atoms with van der Waals surface area (Å²) in [5, 5.41) is 16.0. The maximum Gasteiger partial charge on any atom is 0.164 e. The van der Waals surface area contributed by atoms with E-state index in [2.05, 4.69) is 95.1 Å². The maximum atomic E-state index is 12.2. The number of rotatable bonds is 10. The van der Waals surface area contributed by atoms with Crippen molar-refractivity contribution in [3.63, 3.8) is 0 Å². The molecule has 1 N–H and O–H groups in total. The molecule has 3 aromatic heterocycles. The molecule has 7 heteroatoms. The number of hydrogen-bond donors (Lipinski definition) is 1. The van der Waals surface area contributed by atoms with Gasteiger partial charge in [0.25, 0.3) is 0 Å². The number of thiophene rings is 1. The Balaban J connectivity index is 0.000000299. The van der Waals surface area contributed by atoms with Crippen molar-refractivity contribution in [2.24, 2.45) is 16.7 Å². The summed E-state index contributed by atoms with van der Waals surface area (Å²) in [6, 6.07) is 19.0. The molecule has 0 unspecified atom stereocenters. The number of aliphatic hydroxyl groups excluding tert-OH is 1. The Bertz CT molecular complexity index is 2260. The number of furan rings is 1. The normalized spacial score (nSPS) is 12.8. The van der Waals surface area contributed by atoms with E-state index < -0.39 is 0 Å². The molecule has 6 rings (SSSR count). The number of aliphatic hydroxyl groups is 1. The number of hydrogen-bond acceptors (Lipinski definition) is 6. The van der Waals surface area contributed by atoms with E-state index in [1.165, 1.54) is 38.1 Å². The van der Waals surface area contributed by atoms with E-state index >= 15 is 0 Å². The van der Waals surface area contributed by atoms with Crippen molar-refractivity contribution in [1.82, 2.24) is 9.97 Å². The maximum absolute atomic E-state index is 12.2. The Kier molecular flexibility index (Phi) is 13.2. The van der Waals surface area contributed by atoms with Gasteiger partial charge in [0, 0.05) is 63.7 Å². The number of allylic oxidation sites excluding steroid dienone is 2. The van der Waals surface area contributed by atoms with Gasteiger partial charge >= 0.3 is 0 Å².